The predicted molar refractivity (Wildman–Crippen MR) is 129 cm³/mol. The van der Waals surface area contributed by atoms with Crippen LogP contribution < -0.4 is 0 Å². The number of methoxy groups -OCH3 is 1. The number of hydrogen-bond acceptors (Lipinski definition) is 7. The van der Waals surface area contributed by atoms with E-state index >= 15 is 0 Å². The monoisotopic (exact) mass is 494 g/mol. The van der Waals surface area contributed by atoms with E-state index in [0.717, 1.165) is 0 Å². The second kappa shape index (κ2) is 12.8. The van der Waals surface area contributed by atoms with Crippen LogP contribution in [0.25, 0.3) is 0 Å². The molecule has 0 N–H and O–H groups in total. The van der Waals surface area contributed by atoms with Gasteiger partial charge in [0.2, 0.25) is 0 Å². The first-order valence-electron chi connectivity index (χ1n) is 10.4. The summed E-state index contributed by atoms with van der Waals surface area (Å²) in [5.74, 6) is 3.05. The van der Waals surface area contributed by atoms with Gasteiger partial charge in [-0.2, -0.15) is 0 Å². The van der Waals surface area contributed by atoms with E-state index in [9.17, 15) is 9.59 Å². The molecule has 2 unspecified atom stereocenters. The quantitative estimate of drug-likeness (QED) is 0.311. The highest BCUT2D eigenvalue weighted by Gasteiger charge is 2.44. The lowest BCUT2D eigenvalue weighted by Crippen LogP contribution is -2.37. The fourth-order valence-electron chi connectivity index (χ4n) is 3.49. The number of carbonyl (C=O) groups excluding carboxylic acids is 2. The maximum Gasteiger partial charge on any atom is 0.336 e. The molecule has 1 aliphatic heterocycles. The maximum absolute atomic E-state index is 13.1. The van der Waals surface area contributed by atoms with Crippen molar-refractivity contribution in [2.75, 3.05) is 47.6 Å². The van der Waals surface area contributed by atoms with E-state index in [1.165, 1.54) is 7.11 Å². The minimum atomic E-state index is -0.881. The average molecular weight is 495 g/mol. The van der Waals surface area contributed by atoms with E-state index in [2.05, 4.69) is 16.8 Å². The Kier molecular flexibility index (Phi) is 10.4. The van der Waals surface area contributed by atoms with Crippen molar-refractivity contribution in [3.63, 3.8) is 0 Å². The third kappa shape index (κ3) is 6.81. The standard InChI is InChI=1S/C24H28Cl2N2O5/c1-6-33-24(30)21-18(14-32-13-8-7-12-28(3)4)27-15(2)19(23(29)31-5)20(21)16-10-9-11-17(25)22(16)26/h9-11,19-20H,6,12-14H2,1-5H3. The first kappa shape index (κ1) is 26.9. The summed E-state index contributed by atoms with van der Waals surface area (Å²) in [7, 11) is 5.12. The molecule has 7 nitrogen and oxygen atoms in total. The Bertz CT molecular complexity index is 1010. The molecule has 1 aromatic carbocycles. The zero-order valence-electron chi connectivity index (χ0n) is 19.4. The second-order valence-electron chi connectivity index (χ2n) is 7.54. The normalized spacial score (nSPS) is 17.9. The zero-order chi connectivity index (χ0) is 24.5. The number of rotatable bonds is 8. The van der Waals surface area contributed by atoms with Crippen LogP contribution in [0.15, 0.2) is 34.5 Å². The van der Waals surface area contributed by atoms with Crippen molar-refractivity contribution < 1.29 is 23.8 Å². The van der Waals surface area contributed by atoms with Gasteiger partial charge in [-0.3, -0.25) is 14.7 Å². The number of benzene rings is 1. The highest BCUT2D eigenvalue weighted by atomic mass is 35.5. The number of halogens is 2. The minimum absolute atomic E-state index is 0.00467. The van der Waals surface area contributed by atoms with Gasteiger partial charge in [-0.15, -0.1) is 0 Å². The van der Waals surface area contributed by atoms with Gasteiger partial charge in [0.25, 0.3) is 0 Å². The summed E-state index contributed by atoms with van der Waals surface area (Å²) in [6.45, 7) is 4.31. The molecule has 0 bridgehead atoms. The van der Waals surface area contributed by atoms with Crippen LogP contribution in [0.3, 0.4) is 0 Å². The molecular weight excluding hydrogens is 467 g/mol. The highest BCUT2D eigenvalue weighted by molar-refractivity contribution is 6.42. The van der Waals surface area contributed by atoms with Crippen LogP contribution in [-0.4, -0.2) is 70.1 Å². The molecule has 0 aliphatic carbocycles. The van der Waals surface area contributed by atoms with Gasteiger partial charge in [0.05, 0.1) is 48.2 Å². The molecule has 1 aromatic rings. The lowest BCUT2D eigenvalue weighted by Gasteiger charge is -2.32. The lowest BCUT2D eigenvalue weighted by molar-refractivity contribution is -0.144. The van der Waals surface area contributed by atoms with Gasteiger partial charge in [-0.05, 0) is 39.6 Å². The van der Waals surface area contributed by atoms with Gasteiger partial charge in [0, 0.05) is 11.6 Å². The number of hydrogen-bond donors (Lipinski definition) is 0. The molecule has 2 atom stereocenters. The van der Waals surface area contributed by atoms with Gasteiger partial charge in [0.15, 0.2) is 0 Å². The van der Waals surface area contributed by atoms with Gasteiger partial charge in [0.1, 0.15) is 12.5 Å². The van der Waals surface area contributed by atoms with Crippen LogP contribution in [0.2, 0.25) is 10.0 Å². The largest absolute Gasteiger partial charge is 0.468 e. The van der Waals surface area contributed by atoms with Gasteiger partial charge in [-0.25, -0.2) is 4.79 Å². The summed E-state index contributed by atoms with van der Waals surface area (Å²) in [6, 6.07) is 5.06. The summed E-state index contributed by atoms with van der Waals surface area (Å²) >= 11 is 12.8. The minimum Gasteiger partial charge on any atom is -0.468 e. The number of nitrogens with zero attached hydrogens (tertiary/aromatic N) is 2. The van der Waals surface area contributed by atoms with Crippen molar-refractivity contribution in [3.8, 4) is 11.8 Å². The van der Waals surface area contributed by atoms with E-state index in [-0.39, 0.29) is 30.4 Å². The average Bonchev–Trinajstić information content (AvgIpc) is 2.77. The third-order valence-electron chi connectivity index (χ3n) is 4.92. The molecule has 33 heavy (non-hydrogen) atoms. The Morgan fingerprint density at radius 1 is 1.21 bits per heavy atom. The van der Waals surface area contributed by atoms with Crippen molar-refractivity contribution >= 4 is 40.9 Å². The van der Waals surface area contributed by atoms with Crippen molar-refractivity contribution in [1.82, 2.24) is 4.90 Å². The van der Waals surface area contributed by atoms with Crippen molar-refractivity contribution in [1.29, 1.82) is 0 Å². The van der Waals surface area contributed by atoms with E-state index in [1.54, 1.807) is 32.0 Å². The first-order chi connectivity index (χ1) is 15.7. The van der Waals surface area contributed by atoms with Gasteiger partial charge in [-0.1, -0.05) is 47.2 Å². The summed E-state index contributed by atoms with van der Waals surface area (Å²) in [5.41, 5.74) is 1.50. The molecule has 0 radical (unpaired) electrons. The smallest absolute Gasteiger partial charge is 0.336 e. The van der Waals surface area contributed by atoms with Crippen LogP contribution in [0.1, 0.15) is 25.3 Å². The Morgan fingerprint density at radius 3 is 2.58 bits per heavy atom. The highest BCUT2D eigenvalue weighted by Crippen LogP contribution is 2.44. The van der Waals surface area contributed by atoms with Gasteiger partial charge < -0.3 is 14.2 Å². The molecule has 0 spiro atoms. The Labute approximate surface area is 204 Å². The molecule has 1 aliphatic rings. The number of esters is 2. The zero-order valence-corrected chi connectivity index (χ0v) is 20.9. The fourth-order valence-corrected chi connectivity index (χ4v) is 3.91. The summed E-state index contributed by atoms with van der Waals surface area (Å²) in [5, 5.41) is 0.541. The van der Waals surface area contributed by atoms with Crippen LogP contribution in [0.4, 0.5) is 0 Å². The fraction of sp³-hybridized carbons (Fsp3) is 0.458. The summed E-state index contributed by atoms with van der Waals surface area (Å²) in [4.78, 5) is 32.3. The molecule has 178 valence electrons. The number of carbonyl (C=O) groups is 2. The van der Waals surface area contributed by atoms with E-state index in [0.29, 0.717) is 28.5 Å². The Hall–Kier alpha value is -2.37. The first-order valence-corrected chi connectivity index (χ1v) is 11.1. The van der Waals surface area contributed by atoms with E-state index in [4.69, 9.17) is 37.4 Å². The Balaban J connectivity index is 2.56. The maximum atomic E-state index is 13.1. The van der Waals surface area contributed by atoms with Crippen molar-refractivity contribution in [2.45, 2.75) is 19.8 Å². The third-order valence-corrected chi connectivity index (χ3v) is 5.75. The van der Waals surface area contributed by atoms with Crippen LogP contribution in [-0.2, 0) is 23.8 Å². The predicted octanol–water partition coefficient (Wildman–Crippen LogP) is 3.74. The van der Waals surface area contributed by atoms with Crippen LogP contribution in [0.5, 0.6) is 0 Å². The molecule has 0 saturated heterocycles. The summed E-state index contributed by atoms with van der Waals surface area (Å²) < 4.78 is 16.0. The molecule has 9 heteroatoms. The molecule has 0 amide bonds. The van der Waals surface area contributed by atoms with E-state index in [1.807, 2.05) is 19.0 Å². The SMILES string of the molecule is CCOC(=O)C1=C(COCC#CCN(C)C)N=C(C)C(C(=O)OC)C1c1cccc(Cl)c1Cl. The van der Waals surface area contributed by atoms with Crippen LogP contribution in [0, 0.1) is 17.8 Å². The Morgan fingerprint density at radius 2 is 1.94 bits per heavy atom. The molecular formula is C24H28Cl2N2O5. The molecule has 0 saturated carbocycles. The van der Waals surface area contributed by atoms with Crippen LogP contribution >= 0.6 is 23.2 Å². The molecule has 2 rings (SSSR count). The molecule has 0 aromatic heterocycles. The molecule has 1 heterocycles. The topological polar surface area (TPSA) is 77.4 Å². The van der Waals surface area contributed by atoms with Crippen molar-refractivity contribution in [2.24, 2.45) is 10.9 Å². The number of ether oxygens (including phenoxy) is 3. The van der Waals surface area contributed by atoms with E-state index < -0.39 is 23.8 Å². The van der Waals surface area contributed by atoms with Crippen molar-refractivity contribution in [3.05, 3.63) is 45.1 Å². The second-order valence-corrected chi connectivity index (χ2v) is 8.32. The van der Waals surface area contributed by atoms with Gasteiger partial charge >= 0.3 is 11.9 Å². The molecule has 0 fully saturated rings. The lowest BCUT2D eigenvalue weighted by atomic mass is 9.75. The summed E-state index contributed by atoms with van der Waals surface area (Å²) in [6.07, 6.45) is 0. The number of aliphatic imine (C=N–C) groups is 1.